The van der Waals surface area contributed by atoms with Gasteiger partial charge in [0.15, 0.2) is 0 Å². The lowest BCUT2D eigenvalue weighted by atomic mass is 10.1. The van der Waals surface area contributed by atoms with Crippen molar-refractivity contribution in [2.45, 2.75) is 32.9 Å². The lowest BCUT2D eigenvalue weighted by Gasteiger charge is -1.99. The van der Waals surface area contributed by atoms with E-state index in [0.29, 0.717) is 5.92 Å². The summed E-state index contributed by atoms with van der Waals surface area (Å²) in [4.78, 5) is 0. The Morgan fingerprint density at radius 3 is 2.75 bits per heavy atom. The summed E-state index contributed by atoms with van der Waals surface area (Å²) in [6, 6.07) is 0. The predicted octanol–water partition coefficient (Wildman–Crippen LogP) is 3.04. The van der Waals surface area contributed by atoms with Gasteiger partial charge in [-0.15, -0.1) is 5.67 Å². The van der Waals surface area contributed by atoms with Crippen LogP contribution in [0.4, 0.5) is 0 Å². The van der Waals surface area contributed by atoms with E-state index in [1.54, 1.807) is 0 Å². The van der Waals surface area contributed by atoms with Crippen LogP contribution in [0.5, 0.6) is 0 Å². The van der Waals surface area contributed by atoms with Gasteiger partial charge in [0.2, 0.25) is 0 Å². The summed E-state index contributed by atoms with van der Waals surface area (Å²) in [6.07, 6.45) is 9.45. The molecule has 0 saturated heterocycles. The van der Waals surface area contributed by atoms with Gasteiger partial charge < -0.3 is 0 Å². The van der Waals surface area contributed by atoms with Gasteiger partial charge in [0.1, 0.15) is 0 Å². The normalized spacial score (nSPS) is 20.9. The summed E-state index contributed by atoms with van der Waals surface area (Å²) in [6.45, 7) is 6.90. The van der Waals surface area contributed by atoms with Gasteiger partial charge in [0.25, 0.3) is 0 Å². The second kappa shape index (κ2) is 4.56. The first-order valence-corrected chi connectivity index (χ1v) is 7.32. The van der Waals surface area contributed by atoms with Crippen molar-refractivity contribution < 1.29 is 0 Å². The van der Waals surface area contributed by atoms with Crippen molar-refractivity contribution in [3.8, 4) is 0 Å². The Labute approximate surface area is 77.2 Å². The molecule has 1 aliphatic carbocycles. The molecule has 66 valence electrons. The van der Waals surface area contributed by atoms with Gasteiger partial charge >= 0.3 is 0 Å². The highest BCUT2D eigenvalue weighted by atomic mass is 28.2. The summed E-state index contributed by atoms with van der Waals surface area (Å²) in [5.74, 6) is 0.708. The number of hydrogen-bond donors (Lipinski definition) is 0. The van der Waals surface area contributed by atoms with Crippen LogP contribution in [-0.4, -0.2) is 14.1 Å². The monoisotopic (exact) mass is 178 g/mol. The van der Waals surface area contributed by atoms with E-state index in [-0.39, 0.29) is 8.41 Å². The van der Waals surface area contributed by atoms with Crippen LogP contribution < -0.4 is 0 Å². The highest BCUT2D eigenvalue weighted by Gasteiger charge is 2.05. The zero-order chi connectivity index (χ0) is 8.97. The van der Waals surface area contributed by atoms with Crippen molar-refractivity contribution >= 4 is 14.1 Å². The lowest BCUT2D eigenvalue weighted by molar-refractivity contribution is 0.887. The maximum atomic E-state index is 2.49. The highest BCUT2D eigenvalue weighted by Crippen LogP contribution is 2.19. The van der Waals surface area contributed by atoms with Gasteiger partial charge in [-0.2, -0.15) is 0 Å². The minimum Gasteiger partial charge on any atom is -0.103 e. The van der Waals surface area contributed by atoms with Crippen LogP contribution >= 0.6 is 0 Å². The molecule has 1 rings (SSSR count). The van der Waals surface area contributed by atoms with Crippen LogP contribution in [0.15, 0.2) is 23.8 Å². The fourth-order valence-corrected chi connectivity index (χ4v) is 2.13. The van der Waals surface area contributed by atoms with Crippen LogP contribution in [0.25, 0.3) is 0 Å². The molecule has 0 fully saturated rings. The second-order valence-corrected chi connectivity index (χ2v) is 6.20. The Hall–Kier alpha value is -0.433. The zero-order valence-corrected chi connectivity index (χ0v) is 9.30. The SMILES string of the molecule is CCC1=CC(CC=[Si](C)C)C=C1. The van der Waals surface area contributed by atoms with Gasteiger partial charge in [-0.3, -0.25) is 0 Å². The van der Waals surface area contributed by atoms with Crippen molar-refractivity contribution in [1.82, 2.24) is 0 Å². The Morgan fingerprint density at radius 1 is 1.50 bits per heavy atom. The molecule has 1 aliphatic rings. The van der Waals surface area contributed by atoms with Gasteiger partial charge in [0, 0.05) is 0 Å². The van der Waals surface area contributed by atoms with Crippen molar-refractivity contribution in [3.63, 3.8) is 0 Å². The lowest BCUT2D eigenvalue weighted by Crippen LogP contribution is -1.97. The standard InChI is InChI=1S/C11H18Si/c1-4-10-5-6-11(9-10)7-8-12(2)3/h5-6,8-9,11H,4,7H2,1-3H3. The maximum absolute atomic E-state index is 2.49. The molecular formula is C11H18Si. The molecule has 0 nitrogen and oxygen atoms in total. The third-order valence-electron chi connectivity index (χ3n) is 2.19. The van der Waals surface area contributed by atoms with Crippen molar-refractivity contribution in [2.75, 3.05) is 0 Å². The zero-order valence-electron chi connectivity index (χ0n) is 8.30. The summed E-state index contributed by atoms with van der Waals surface area (Å²) >= 11 is 0. The molecule has 0 aromatic rings. The molecule has 0 heterocycles. The van der Waals surface area contributed by atoms with Gasteiger partial charge in [-0.1, -0.05) is 43.8 Å². The van der Waals surface area contributed by atoms with E-state index in [9.17, 15) is 0 Å². The van der Waals surface area contributed by atoms with Crippen LogP contribution in [0, 0.1) is 5.92 Å². The molecule has 1 heteroatoms. The number of allylic oxidation sites excluding steroid dienone is 4. The molecule has 12 heavy (non-hydrogen) atoms. The Morgan fingerprint density at radius 2 is 2.25 bits per heavy atom. The van der Waals surface area contributed by atoms with Crippen molar-refractivity contribution in [1.29, 1.82) is 0 Å². The van der Waals surface area contributed by atoms with Crippen LogP contribution in [0.2, 0.25) is 13.1 Å². The molecule has 1 unspecified atom stereocenters. The fourth-order valence-electron chi connectivity index (χ4n) is 1.39. The largest absolute Gasteiger partial charge is 0.103 e. The Bertz CT molecular complexity index is 229. The van der Waals surface area contributed by atoms with Crippen LogP contribution in [0.3, 0.4) is 0 Å². The minimum absolute atomic E-state index is 0.134. The first kappa shape index (κ1) is 9.65. The van der Waals surface area contributed by atoms with Gasteiger partial charge in [-0.05, 0) is 27.2 Å². The van der Waals surface area contributed by atoms with E-state index in [2.05, 4.69) is 43.9 Å². The first-order chi connectivity index (χ1) is 5.72. The fraction of sp³-hybridized carbons (Fsp3) is 0.545. The minimum atomic E-state index is -0.134. The van der Waals surface area contributed by atoms with Crippen LogP contribution in [-0.2, 0) is 0 Å². The Kier molecular flexibility index (Phi) is 3.67. The molecular weight excluding hydrogens is 160 g/mol. The van der Waals surface area contributed by atoms with E-state index in [4.69, 9.17) is 0 Å². The highest BCUT2D eigenvalue weighted by molar-refractivity contribution is 6.63. The van der Waals surface area contributed by atoms with E-state index in [1.165, 1.54) is 18.4 Å². The molecule has 0 saturated carbocycles. The summed E-state index contributed by atoms with van der Waals surface area (Å²) < 4.78 is 0. The molecule has 0 amide bonds. The topological polar surface area (TPSA) is 0 Å². The average Bonchev–Trinajstić information content (AvgIpc) is 2.48. The molecule has 0 bridgehead atoms. The molecule has 0 spiro atoms. The quantitative estimate of drug-likeness (QED) is 0.583. The van der Waals surface area contributed by atoms with Crippen LogP contribution in [0.1, 0.15) is 19.8 Å². The maximum Gasteiger partial charge on any atom is -0.00130 e. The molecule has 0 aromatic carbocycles. The molecule has 0 N–H and O–H groups in total. The Balaban J connectivity index is 2.43. The third-order valence-corrected chi connectivity index (χ3v) is 3.24. The number of rotatable bonds is 3. The van der Waals surface area contributed by atoms with Gasteiger partial charge in [0.05, 0.1) is 0 Å². The molecule has 0 aromatic heterocycles. The van der Waals surface area contributed by atoms with E-state index in [1.807, 2.05) is 0 Å². The van der Waals surface area contributed by atoms with Crippen molar-refractivity contribution in [3.05, 3.63) is 23.8 Å². The average molecular weight is 178 g/mol. The second-order valence-electron chi connectivity index (χ2n) is 3.64. The predicted molar refractivity (Wildman–Crippen MR) is 59.2 cm³/mol. The summed E-state index contributed by atoms with van der Waals surface area (Å²) in [5, 5.41) is 0. The molecule has 1 atom stereocenters. The third kappa shape index (κ3) is 2.90. The first-order valence-electron chi connectivity index (χ1n) is 4.74. The molecule has 0 radical (unpaired) electrons. The summed E-state index contributed by atoms with van der Waals surface area (Å²) in [5.41, 5.74) is 4.00. The van der Waals surface area contributed by atoms with E-state index >= 15 is 0 Å². The van der Waals surface area contributed by atoms with Gasteiger partial charge in [-0.25, -0.2) is 0 Å². The summed E-state index contributed by atoms with van der Waals surface area (Å²) in [7, 11) is -0.134. The smallest absolute Gasteiger partial charge is 0.00130 e. The van der Waals surface area contributed by atoms with E-state index in [0.717, 1.165) is 0 Å². The molecule has 0 aliphatic heterocycles. The van der Waals surface area contributed by atoms with Crippen molar-refractivity contribution in [2.24, 2.45) is 5.92 Å². The van der Waals surface area contributed by atoms with E-state index < -0.39 is 0 Å². The number of hydrogen-bond acceptors (Lipinski definition) is 0.